The van der Waals surface area contributed by atoms with Gasteiger partial charge in [0.05, 0.1) is 0 Å². The van der Waals surface area contributed by atoms with Crippen molar-refractivity contribution in [2.75, 3.05) is 19.3 Å². The molecule has 1 aromatic carbocycles. The number of nitrogen functional groups attached to an aromatic ring is 1. The molecule has 0 atom stereocenters. The van der Waals surface area contributed by atoms with Gasteiger partial charge in [-0.25, -0.2) is 17.1 Å². The van der Waals surface area contributed by atoms with Crippen molar-refractivity contribution in [1.82, 2.24) is 4.31 Å². The van der Waals surface area contributed by atoms with Gasteiger partial charge < -0.3 is 5.73 Å². The lowest BCUT2D eigenvalue weighted by molar-refractivity contribution is 0.262. The second kappa shape index (κ2) is 4.85. The van der Waals surface area contributed by atoms with Crippen LogP contribution in [0.15, 0.2) is 23.1 Å². The SMILES string of the molecule is CN(CC1CCC1)S(=O)(=O)c1cc(N)ccc1F. The van der Waals surface area contributed by atoms with Gasteiger partial charge in [-0.15, -0.1) is 0 Å². The molecule has 0 spiro atoms. The maximum absolute atomic E-state index is 13.6. The van der Waals surface area contributed by atoms with Gasteiger partial charge in [-0.1, -0.05) is 6.42 Å². The number of nitrogens with zero attached hydrogens (tertiary/aromatic N) is 1. The maximum Gasteiger partial charge on any atom is 0.245 e. The van der Waals surface area contributed by atoms with E-state index < -0.39 is 15.8 Å². The van der Waals surface area contributed by atoms with E-state index in [9.17, 15) is 12.8 Å². The fraction of sp³-hybridized carbons (Fsp3) is 0.500. The Morgan fingerprint density at radius 1 is 1.44 bits per heavy atom. The number of hydrogen-bond acceptors (Lipinski definition) is 3. The van der Waals surface area contributed by atoms with Gasteiger partial charge in [0.2, 0.25) is 10.0 Å². The van der Waals surface area contributed by atoms with E-state index in [0.717, 1.165) is 25.3 Å². The summed E-state index contributed by atoms with van der Waals surface area (Å²) in [6.45, 7) is 0.441. The molecule has 4 nitrogen and oxygen atoms in total. The van der Waals surface area contributed by atoms with Gasteiger partial charge in [-0.2, -0.15) is 0 Å². The van der Waals surface area contributed by atoms with Gasteiger partial charge >= 0.3 is 0 Å². The first-order valence-electron chi connectivity index (χ1n) is 5.92. The predicted molar refractivity (Wildman–Crippen MR) is 68.0 cm³/mol. The van der Waals surface area contributed by atoms with Crippen molar-refractivity contribution in [3.05, 3.63) is 24.0 Å². The lowest BCUT2D eigenvalue weighted by Gasteiger charge is -2.29. The Labute approximate surface area is 107 Å². The molecule has 0 aromatic heterocycles. The molecule has 1 aromatic rings. The van der Waals surface area contributed by atoms with Crippen molar-refractivity contribution < 1.29 is 12.8 Å². The minimum Gasteiger partial charge on any atom is -0.399 e. The van der Waals surface area contributed by atoms with Crippen LogP contribution in [0.3, 0.4) is 0 Å². The number of hydrogen-bond donors (Lipinski definition) is 1. The molecule has 0 aliphatic heterocycles. The smallest absolute Gasteiger partial charge is 0.245 e. The van der Waals surface area contributed by atoms with Crippen molar-refractivity contribution in [3.8, 4) is 0 Å². The van der Waals surface area contributed by atoms with E-state index in [1.54, 1.807) is 0 Å². The molecule has 2 rings (SSSR count). The van der Waals surface area contributed by atoms with Crippen LogP contribution < -0.4 is 5.73 Å². The van der Waals surface area contributed by atoms with Crippen LogP contribution in [0.5, 0.6) is 0 Å². The minimum atomic E-state index is -3.79. The maximum atomic E-state index is 13.6. The van der Waals surface area contributed by atoms with E-state index in [1.165, 1.54) is 23.5 Å². The first-order chi connectivity index (χ1) is 8.41. The third-order valence-electron chi connectivity index (χ3n) is 3.38. The number of rotatable bonds is 4. The van der Waals surface area contributed by atoms with Gasteiger partial charge in [0.15, 0.2) is 0 Å². The summed E-state index contributed by atoms with van der Waals surface area (Å²) < 4.78 is 39.2. The molecule has 6 heteroatoms. The molecule has 0 saturated heterocycles. The standard InChI is InChI=1S/C12H17FN2O2S/c1-15(8-9-3-2-4-9)18(16,17)12-7-10(14)5-6-11(12)13/h5-7,9H,2-4,8,14H2,1H3. The van der Waals surface area contributed by atoms with E-state index in [4.69, 9.17) is 5.73 Å². The van der Waals surface area contributed by atoms with Crippen LogP contribution in [-0.2, 0) is 10.0 Å². The minimum absolute atomic E-state index is 0.243. The summed E-state index contributed by atoms with van der Waals surface area (Å²) in [4.78, 5) is -0.343. The van der Waals surface area contributed by atoms with E-state index in [1.807, 2.05) is 0 Å². The van der Waals surface area contributed by atoms with Crippen LogP contribution in [-0.4, -0.2) is 26.3 Å². The second-order valence-electron chi connectivity index (χ2n) is 4.77. The molecule has 0 radical (unpaired) electrons. The van der Waals surface area contributed by atoms with Crippen molar-refractivity contribution >= 4 is 15.7 Å². The number of anilines is 1. The van der Waals surface area contributed by atoms with Crippen LogP contribution in [0.1, 0.15) is 19.3 Å². The Bertz CT molecular complexity index is 541. The van der Waals surface area contributed by atoms with Crippen molar-refractivity contribution in [2.24, 2.45) is 5.92 Å². The van der Waals surface area contributed by atoms with Crippen molar-refractivity contribution in [3.63, 3.8) is 0 Å². The first-order valence-corrected chi connectivity index (χ1v) is 7.36. The van der Waals surface area contributed by atoms with Gasteiger partial charge in [0.1, 0.15) is 10.7 Å². The molecule has 100 valence electrons. The van der Waals surface area contributed by atoms with E-state index in [-0.39, 0.29) is 10.6 Å². The molecule has 2 N–H and O–H groups in total. The summed E-state index contributed by atoms with van der Waals surface area (Å²) in [6.07, 6.45) is 3.23. The Morgan fingerprint density at radius 3 is 2.67 bits per heavy atom. The fourth-order valence-corrected chi connectivity index (χ4v) is 3.36. The summed E-state index contributed by atoms with van der Waals surface area (Å²) in [5.74, 6) is -0.362. The highest BCUT2D eigenvalue weighted by Crippen LogP contribution is 2.29. The molecular formula is C12H17FN2O2S. The third kappa shape index (κ3) is 2.49. The van der Waals surface area contributed by atoms with Gasteiger partial charge in [0, 0.05) is 19.3 Å². The summed E-state index contributed by atoms with van der Waals surface area (Å²) in [7, 11) is -2.30. The molecule has 1 saturated carbocycles. The van der Waals surface area contributed by atoms with Crippen LogP contribution >= 0.6 is 0 Å². The zero-order valence-electron chi connectivity index (χ0n) is 10.3. The second-order valence-corrected chi connectivity index (χ2v) is 6.79. The number of halogens is 1. The quantitative estimate of drug-likeness (QED) is 0.850. The lowest BCUT2D eigenvalue weighted by atomic mass is 9.86. The van der Waals surface area contributed by atoms with Crippen LogP contribution in [0, 0.1) is 11.7 Å². The van der Waals surface area contributed by atoms with Crippen molar-refractivity contribution in [2.45, 2.75) is 24.2 Å². The number of nitrogens with two attached hydrogens (primary N) is 1. The van der Waals surface area contributed by atoms with E-state index in [2.05, 4.69) is 0 Å². The summed E-state index contributed by atoms with van der Waals surface area (Å²) in [5, 5.41) is 0. The van der Waals surface area contributed by atoms with Crippen LogP contribution in [0.25, 0.3) is 0 Å². The first kappa shape index (κ1) is 13.3. The molecule has 0 amide bonds. The predicted octanol–water partition coefficient (Wildman–Crippen LogP) is 1.83. The normalized spacial score (nSPS) is 16.8. The monoisotopic (exact) mass is 272 g/mol. The Morgan fingerprint density at radius 2 is 2.11 bits per heavy atom. The van der Waals surface area contributed by atoms with Crippen molar-refractivity contribution in [1.29, 1.82) is 0 Å². The van der Waals surface area contributed by atoms with Crippen LogP contribution in [0.4, 0.5) is 10.1 Å². The molecule has 1 fully saturated rings. The van der Waals surface area contributed by atoms with Gasteiger partial charge in [0.25, 0.3) is 0 Å². The van der Waals surface area contributed by atoms with Crippen LogP contribution in [0.2, 0.25) is 0 Å². The highest BCUT2D eigenvalue weighted by atomic mass is 32.2. The highest BCUT2D eigenvalue weighted by molar-refractivity contribution is 7.89. The topological polar surface area (TPSA) is 63.4 Å². The molecule has 1 aliphatic carbocycles. The Hall–Kier alpha value is -1.14. The lowest BCUT2D eigenvalue weighted by Crippen LogP contribution is -2.34. The highest BCUT2D eigenvalue weighted by Gasteiger charge is 2.28. The number of sulfonamides is 1. The average molecular weight is 272 g/mol. The molecular weight excluding hydrogens is 255 g/mol. The molecule has 1 aliphatic rings. The molecule has 0 unspecified atom stereocenters. The summed E-state index contributed by atoms with van der Waals surface area (Å²) >= 11 is 0. The van der Waals surface area contributed by atoms with Gasteiger partial charge in [-0.3, -0.25) is 0 Å². The zero-order valence-corrected chi connectivity index (χ0v) is 11.1. The summed E-state index contributed by atoms with van der Waals surface area (Å²) in [5.41, 5.74) is 5.76. The third-order valence-corrected chi connectivity index (χ3v) is 5.22. The molecule has 0 heterocycles. The van der Waals surface area contributed by atoms with E-state index >= 15 is 0 Å². The van der Waals surface area contributed by atoms with E-state index in [0.29, 0.717) is 12.5 Å². The Kier molecular flexibility index (Phi) is 3.59. The molecule has 18 heavy (non-hydrogen) atoms. The Balaban J connectivity index is 2.25. The zero-order chi connectivity index (χ0) is 13.3. The number of benzene rings is 1. The molecule has 0 bridgehead atoms. The fourth-order valence-electron chi connectivity index (χ4n) is 2.02. The largest absolute Gasteiger partial charge is 0.399 e. The summed E-state index contributed by atoms with van der Waals surface area (Å²) in [6, 6.07) is 3.60. The average Bonchev–Trinajstić information content (AvgIpc) is 2.26. The van der Waals surface area contributed by atoms with Gasteiger partial charge in [-0.05, 0) is 37.0 Å².